The van der Waals surface area contributed by atoms with E-state index in [-0.39, 0.29) is 23.2 Å². The molecule has 11 heteroatoms. The Bertz CT molecular complexity index is 1240. The normalized spacial score (nSPS) is 14.1. The largest absolute Gasteiger partial charge is 0.573 e. The number of carbonyl (C=O) groups excluding carboxylic acids is 2. The molecule has 0 atom stereocenters. The van der Waals surface area contributed by atoms with E-state index < -0.39 is 23.6 Å². The summed E-state index contributed by atoms with van der Waals surface area (Å²) >= 11 is 0. The molecule has 0 radical (unpaired) electrons. The average molecular weight is 472 g/mol. The number of rotatable bonds is 5. The number of benzene rings is 2. The summed E-state index contributed by atoms with van der Waals surface area (Å²) in [6.07, 6.45) is -3.32. The van der Waals surface area contributed by atoms with Gasteiger partial charge in [0.1, 0.15) is 17.2 Å². The van der Waals surface area contributed by atoms with Crippen LogP contribution in [-0.4, -0.2) is 23.3 Å². The van der Waals surface area contributed by atoms with Crippen molar-refractivity contribution in [2.45, 2.75) is 25.6 Å². The van der Waals surface area contributed by atoms with Gasteiger partial charge in [-0.3, -0.25) is 4.79 Å². The second kappa shape index (κ2) is 8.58. The molecule has 2 aromatic carbocycles. The number of pyridine rings is 1. The minimum Gasteiger partial charge on any atom is -0.437 e. The van der Waals surface area contributed by atoms with Crippen LogP contribution in [-0.2, 0) is 10.2 Å². The van der Waals surface area contributed by atoms with Crippen molar-refractivity contribution in [1.82, 2.24) is 4.98 Å². The SMILES string of the molecule is CC1(C)C(=O)Nc2cccc(Oc3ncccc3NC(=O)Nc3ccc(OC(F)(F)F)cc3)c21. The Morgan fingerprint density at radius 3 is 2.47 bits per heavy atom. The summed E-state index contributed by atoms with van der Waals surface area (Å²) in [5.74, 6) is -0.0740. The topological polar surface area (TPSA) is 102 Å². The number of anilines is 3. The van der Waals surface area contributed by atoms with E-state index in [0.717, 1.165) is 12.1 Å². The van der Waals surface area contributed by atoms with Crippen molar-refractivity contribution in [2.24, 2.45) is 0 Å². The summed E-state index contributed by atoms with van der Waals surface area (Å²) < 4.78 is 46.6. The number of nitrogens with zero attached hydrogens (tertiary/aromatic N) is 1. The third-order valence-corrected chi connectivity index (χ3v) is 5.04. The first-order chi connectivity index (χ1) is 16.0. The van der Waals surface area contributed by atoms with E-state index in [1.807, 2.05) is 0 Å². The van der Waals surface area contributed by atoms with E-state index >= 15 is 0 Å². The van der Waals surface area contributed by atoms with Crippen LogP contribution in [0, 0.1) is 0 Å². The van der Waals surface area contributed by atoms with Crippen LogP contribution >= 0.6 is 0 Å². The first kappa shape index (κ1) is 22.9. The van der Waals surface area contributed by atoms with Gasteiger partial charge in [0.05, 0.1) is 5.41 Å². The van der Waals surface area contributed by atoms with Crippen molar-refractivity contribution in [3.63, 3.8) is 0 Å². The van der Waals surface area contributed by atoms with Gasteiger partial charge < -0.3 is 25.4 Å². The Kier molecular flexibility index (Phi) is 5.78. The van der Waals surface area contributed by atoms with Crippen LogP contribution in [0.2, 0.25) is 0 Å². The van der Waals surface area contributed by atoms with Gasteiger partial charge in [-0.15, -0.1) is 13.2 Å². The molecule has 8 nitrogen and oxygen atoms in total. The Labute approximate surface area is 192 Å². The lowest BCUT2D eigenvalue weighted by atomic mass is 9.85. The molecular weight excluding hydrogens is 453 g/mol. The number of fused-ring (bicyclic) bond motifs is 1. The molecular formula is C23H19F3N4O4. The van der Waals surface area contributed by atoms with Gasteiger partial charge in [0.15, 0.2) is 0 Å². The zero-order valence-corrected chi connectivity index (χ0v) is 18.0. The summed E-state index contributed by atoms with van der Waals surface area (Å²) in [4.78, 5) is 29.0. The maximum Gasteiger partial charge on any atom is 0.573 e. The summed E-state index contributed by atoms with van der Waals surface area (Å²) in [5, 5.41) is 7.92. The summed E-state index contributed by atoms with van der Waals surface area (Å²) in [6, 6.07) is 12.4. The van der Waals surface area contributed by atoms with Crippen LogP contribution in [0.5, 0.6) is 17.4 Å². The Balaban J connectivity index is 1.49. The molecule has 0 unspecified atom stereocenters. The third kappa shape index (κ3) is 4.87. The molecule has 3 aromatic rings. The number of ether oxygens (including phenoxy) is 2. The van der Waals surface area contributed by atoms with Gasteiger partial charge in [-0.1, -0.05) is 6.07 Å². The van der Waals surface area contributed by atoms with Gasteiger partial charge >= 0.3 is 12.4 Å². The number of halogens is 3. The van der Waals surface area contributed by atoms with Gasteiger partial charge in [0.2, 0.25) is 11.8 Å². The number of aromatic nitrogens is 1. The highest BCUT2D eigenvalue weighted by molar-refractivity contribution is 6.06. The fourth-order valence-corrected chi connectivity index (χ4v) is 3.45. The number of hydrogen-bond acceptors (Lipinski definition) is 5. The summed E-state index contributed by atoms with van der Waals surface area (Å²) in [5.41, 5.74) is 0.958. The predicted molar refractivity (Wildman–Crippen MR) is 118 cm³/mol. The number of alkyl halides is 3. The van der Waals surface area contributed by atoms with Crippen LogP contribution in [0.1, 0.15) is 19.4 Å². The molecule has 4 rings (SSSR count). The Morgan fingerprint density at radius 1 is 1.03 bits per heavy atom. The van der Waals surface area contributed by atoms with E-state index in [1.54, 1.807) is 44.2 Å². The maximum absolute atomic E-state index is 12.5. The van der Waals surface area contributed by atoms with Crippen molar-refractivity contribution < 1.29 is 32.2 Å². The molecule has 1 aliphatic heterocycles. The van der Waals surface area contributed by atoms with Gasteiger partial charge in [-0.05, 0) is 62.4 Å². The van der Waals surface area contributed by atoms with Crippen LogP contribution in [0.15, 0.2) is 60.8 Å². The Hall–Kier alpha value is -4.28. The molecule has 3 N–H and O–H groups in total. The van der Waals surface area contributed by atoms with Crippen LogP contribution < -0.4 is 25.4 Å². The van der Waals surface area contributed by atoms with E-state index in [0.29, 0.717) is 17.0 Å². The summed E-state index contributed by atoms with van der Waals surface area (Å²) in [6.45, 7) is 3.55. The number of nitrogens with one attached hydrogen (secondary N) is 3. The van der Waals surface area contributed by atoms with Crippen molar-refractivity contribution in [3.8, 4) is 17.4 Å². The number of hydrogen-bond donors (Lipinski definition) is 3. The zero-order chi connectivity index (χ0) is 24.5. The molecule has 0 bridgehead atoms. The molecule has 0 spiro atoms. The Morgan fingerprint density at radius 2 is 1.76 bits per heavy atom. The molecule has 0 fully saturated rings. The van der Waals surface area contributed by atoms with Gasteiger partial charge in [0.25, 0.3) is 0 Å². The van der Waals surface area contributed by atoms with Gasteiger partial charge in [0, 0.05) is 23.1 Å². The number of urea groups is 1. The molecule has 3 amide bonds. The van der Waals surface area contributed by atoms with Crippen LogP contribution in [0.4, 0.5) is 35.0 Å². The maximum atomic E-state index is 12.5. The summed E-state index contributed by atoms with van der Waals surface area (Å²) in [7, 11) is 0. The molecule has 0 saturated carbocycles. The smallest absolute Gasteiger partial charge is 0.437 e. The zero-order valence-electron chi connectivity index (χ0n) is 18.0. The first-order valence-electron chi connectivity index (χ1n) is 10.0. The second-order valence-electron chi connectivity index (χ2n) is 7.87. The van der Waals surface area contributed by atoms with E-state index in [2.05, 4.69) is 25.7 Å². The van der Waals surface area contributed by atoms with Crippen molar-refractivity contribution in [3.05, 3.63) is 66.4 Å². The highest BCUT2D eigenvalue weighted by atomic mass is 19.4. The number of amides is 3. The molecule has 0 saturated heterocycles. The second-order valence-corrected chi connectivity index (χ2v) is 7.87. The first-order valence-corrected chi connectivity index (χ1v) is 10.0. The third-order valence-electron chi connectivity index (χ3n) is 5.04. The van der Waals surface area contributed by atoms with E-state index in [4.69, 9.17) is 4.74 Å². The minimum atomic E-state index is -4.81. The highest BCUT2D eigenvalue weighted by Gasteiger charge is 2.41. The highest BCUT2D eigenvalue weighted by Crippen LogP contribution is 2.44. The van der Waals surface area contributed by atoms with E-state index in [1.165, 1.54) is 18.3 Å². The van der Waals surface area contributed by atoms with Crippen LogP contribution in [0.3, 0.4) is 0 Å². The van der Waals surface area contributed by atoms with Gasteiger partial charge in [-0.2, -0.15) is 0 Å². The van der Waals surface area contributed by atoms with Crippen molar-refractivity contribution in [2.75, 3.05) is 16.0 Å². The molecule has 1 aromatic heterocycles. The fraction of sp³-hybridized carbons (Fsp3) is 0.174. The van der Waals surface area contributed by atoms with Crippen molar-refractivity contribution >= 4 is 29.0 Å². The van der Waals surface area contributed by atoms with E-state index in [9.17, 15) is 22.8 Å². The van der Waals surface area contributed by atoms with Gasteiger partial charge in [-0.25, -0.2) is 9.78 Å². The molecule has 34 heavy (non-hydrogen) atoms. The van der Waals surface area contributed by atoms with Crippen molar-refractivity contribution in [1.29, 1.82) is 0 Å². The molecule has 2 heterocycles. The van der Waals surface area contributed by atoms with Crippen LogP contribution in [0.25, 0.3) is 0 Å². The predicted octanol–water partition coefficient (Wildman–Crippen LogP) is 5.65. The standard InChI is InChI=1S/C23H19F3N4O4/c1-22(2)18-15(29-20(22)31)5-3-7-17(18)33-19-16(6-4-12-27-19)30-21(32)28-13-8-10-14(11-9-13)34-23(24,25)26/h3-12H,1-2H3,(H,29,31)(H2,28,30,32). The fourth-order valence-electron chi connectivity index (χ4n) is 3.45. The molecule has 0 aliphatic carbocycles. The lowest BCUT2D eigenvalue weighted by Gasteiger charge is -2.19. The molecule has 176 valence electrons. The lowest BCUT2D eigenvalue weighted by molar-refractivity contribution is -0.274. The quantitative estimate of drug-likeness (QED) is 0.446. The molecule has 1 aliphatic rings. The minimum absolute atomic E-state index is 0.0927. The average Bonchev–Trinajstić information content (AvgIpc) is 2.99. The number of carbonyl (C=O) groups is 2. The monoisotopic (exact) mass is 472 g/mol. The lowest BCUT2D eigenvalue weighted by Crippen LogP contribution is -2.27.